The lowest BCUT2D eigenvalue weighted by Crippen LogP contribution is -2.54. The van der Waals surface area contributed by atoms with Crippen molar-refractivity contribution in [1.29, 1.82) is 0 Å². The maximum atomic E-state index is 12.0. The van der Waals surface area contributed by atoms with Crippen molar-refractivity contribution in [1.82, 2.24) is 5.32 Å². The van der Waals surface area contributed by atoms with Crippen molar-refractivity contribution in [3.63, 3.8) is 0 Å². The van der Waals surface area contributed by atoms with E-state index in [2.05, 4.69) is 5.32 Å². The highest BCUT2D eigenvalue weighted by Gasteiger charge is 2.32. The summed E-state index contributed by atoms with van der Waals surface area (Å²) in [4.78, 5) is 12.8. The molecule has 3 nitrogen and oxygen atoms in total. The Hall–Kier alpha value is -1.10. The van der Waals surface area contributed by atoms with E-state index < -0.39 is 0 Å². The molecule has 1 fully saturated rings. The van der Waals surface area contributed by atoms with Crippen LogP contribution in [0.2, 0.25) is 0 Å². The summed E-state index contributed by atoms with van der Waals surface area (Å²) in [6.45, 7) is 0.583. The van der Waals surface area contributed by atoms with Crippen LogP contribution >= 0.6 is 23.7 Å². The van der Waals surface area contributed by atoms with Crippen molar-refractivity contribution in [2.24, 2.45) is 5.73 Å². The van der Waals surface area contributed by atoms with Crippen LogP contribution in [0.4, 0.5) is 0 Å². The first-order chi connectivity index (χ1) is 8.66. The fourth-order valence-corrected chi connectivity index (χ4v) is 3.22. The van der Waals surface area contributed by atoms with E-state index in [1.807, 2.05) is 30.3 Å². The van der Waals surface area contributed by atoms with Gasteiger partial charge < -0.3 is 11.1 Å². The van der Waals surface area contributed by atoms with Gasteiger partial charge in [-0.05, 0) is 36.8 Å². The molecule has 0 aliphatic heterocycles. The molecule has 1 amide bonds. The monoisotopic (exact) mass is 296 g/mol. The van der Waals surface area contributed by atoms with Crippen molar-refractivity contribution in [2.75, 3.05) is 6.54 Å². The third-order valence-electron chi connectivity index (χ3n) is 3.60. The SMILES string of the molecule is Cl.NC1(CNC(=O)c2cc3ccccc3s2)CCC1. The minimum atomic E-state index is -0.160. The molecule has 0 radical (unpaired) electrons. The normalized spacial score (nSPS) is 16.5. The van der Waals surface area contributed by atoms with Crippen LogP contribution in [-0.4, -0.2) is 18.0 Å². The van der Waals surface area contributed by atoms with Gasteiger partial charge in [-0.25, -0.2) is 0 Å². The summed E-state index contributed by atoms with van der Waals surface area (Å²) in [7, 11) is 0. The van der Waals surface area contributed by atoms with Gasteiger partial charge in [-0.15, -0.1) is 23.7 Å². The second kappa shape index (κ2) is 5.49. The second-order valence-electron chi connectivity index (χ2n) is 5.05. The third kappa shape index (κ3) is 2.91. The maximum Gasteiger partial charge on any atom is 0.261 e. The molecule has 5 heteroatoms. The number of nitrogens with two attached hydrogens (primary N) is 1. The van der Waals surface area contributed by atoms with E-state index in [-0.39, 0.29) is 23.9 Å². The standard InChI is InChI=1S/C14H16N2OS.ClH/c15-14(6-3-7-14)9-16-13(17)12-8-10-4-1-2-5-11(10)18-12;/h1-2,4-5,8H,3,6-7,9,15H2,(H,16,17);1H. The molecule has 3 N–H and O–H groups in total. The fraction of sp³-hybridized carbons (Fsp3) is 0.357. The van der Waals surface area contributed by atoms with Crippen molar-refractivity contribution >= 4 is 39.7 Å². The summed E-state index contributed by atoms with van der Waals surface area (Å²) >= 11 is 1.53. The van der Waals surface area contributed by atoms with Crippen LogP contribution in [0, 0.1) is 0 Å². The summed E-state index contributed by atoms with van der Waals surface area (Å²) in [5.41, 5.74) is 5.93. The Morgan fingerprint density at radius 1 is 1.37 bits per heavy atom. The highest BCUT2D eigenvalue weighted by atomic mass is 35.5. The molecule has 0 bridgehead atoms. The van der Waals surface area contributed by atoms with Crippen LogP contribution in [0.15, 0.2) is 30.3 Å². The predicted molar refractivity (Wildman–Crippen MR) is 82.2 cm³/mol. The zero-order valence-electron chi connectivity index (χ0n) is 10.5. The summed E-state index contributed by atoms with van der Waals surface area (Å²) < 4.78 is 1.15. The number of thiophene rings is 1. The number of hydrogen-bond acceptors (Lipinski definition) is 3. The minimum Gasteiger partial charge on any atom is -0.349 e. The summed E-state index contributed by atoms with van der Waals surface area (Å²) in [5, 5.41) is 4.07. The zero-order valence-corrected chi connectivity index (χ0v) is 12.2. The average molecular weight is 297 g/mol. The van der Waals surface area contributed by atoms with E-state index in [9.17, 15) is 4.79 Å². The van der Waals surface area contributed by atoms with Gasteiger partial charge in [0.2, 0.25) is 0 Å². The van der Waals surface area contributed by atoms with Gasteiger partial charge in [0.25, 0.3) is 5.91 Å². The Kier molecular flexibility index (Phi) is 4.13. The molecule has 3 rings (SSSR count). The fourth-order valence-electron chi connectivity index (χ4n) is 2.24. The van der Waals surface area contributed by atoms with Crippen LogP contribution in [0.1, 0.15) is 28.9 Å². The number of nitrogens with one attached hydrogen (secondary N) is 1. The third-order valence-corrected chi connectivity index (χ3v) is 4.71. The summed E-state index contributed by atoms with van der Waals surface area (Å²) in [5.74, 6) is -0.00655. The van der Waals surface area contributed by atoms with Crippen molar-refractivity contribution in [3.05, 3.63) is 35.2 Å². The summed E-state index contributed by atoms with van der Waals surface area (Å²) in [6.07, 6.45) is 3.20. The van der Waals surface area contributed by atoms with Gasteiger partial charge in [0.1, 0.15) is 0 Å². The minimum absolute atomic E-state index is 0. The van der Waals surface area contributed by atoms with Gasteiger partial charge in [0.15, 0.2) is 0 Å². The number of carbonyl (C=O) groups is 1. The Morgan fingerprint density at radius 2 is 2.11 bits per heavy atom. The number of hydrogen-bond donors (Lipinski definition) is 2. The Bertz CT molecular complexity index is 559. The molecule has 1 aliphatic carbocycles. The average Bonchev–Trinajstić information content (AvgIpc) is 2.77. The number of rotatable bonds is 3. The number of carbonyl (C=O) groups excluding carboxylic acids is 1. The van der Waals surface area contributed by atoms with Crippen LogP contribution in [0.25, 0.3) is 10.1 Å². The molecule has 2 aromatic rings. The zero-order chi connectivity index (χ0) is 12.6. The molecule has 0 atom stereocenters. The highest BCUT2D eigenvalue weighted by Crippen LogP contribution is 2.29. The van der Waals surface area contributed by atoms with Crippen LogP contribution < -0.4 is 11.1 Å². The lowest BCUT2D eigenvalue weighted by Gasteiger charge is -2.38. The Labute approximate surface area is 122 Å². The molecule has 0 saturated heterocycles. The largest absolute Gasteiger partial charge is 0.349 e. The predicted octanol–water partition coefficient (Wildman–Crippen LogP) is 2.93. The first-order valence-electron chi connectivity index (χ1n) is 6.22. The quantitative estimate of drug-likeness (QED) is 0.915. The Morgan fingerprint density at radius 3 is 2.74 bits per heavy atom. The van der Waals surface area contributed by atoms with E-state index in [0.717, 1.165) is 27.8 Å². The van der Waals surface area contributed by atoms with E-state index in [1.54, 1.807) is 0 Å². The molecular formula is C14H17ClN2OS. The van der Waals surface area contributed by atoms with Gasteiger partial charge >= 0.3 is 0 Å². The lowest BCUT2D eigenvalue weighted by atomic mass is 9.78. The van der Waals surface area contributed by atoms with E-state index in [1.165, 1.54) is 17.8 Å². The van der Waals surface area contributed by atoms with E-state index in [4.69, 9.17) is 5.73 Å². The molecular weight excluding hydrogens is 280 g/mol. The molecule has 1 aliphatic rings. The van der Waals surface area contributed by atoms with Gasteiger partial charge in [-0.3, -0.25) is 4.79 Å². The number of fused-ring (bicyclic) bond motifs is 1. The maximum absolute atomic E-state index is 12.0. The van der Waals surface area contributed by atoms with E-state index >= 15 is 0 Å². The molecule has 1 aromatic heterocycles. The topological polar surface area (TPSA) is 55.1 Å². The molecule has 1 saturated carbocycles. The lowest BCUT2D eigenvalue weighted by molar-refractivity contribution is 0.0934. The van der Waals surface area contributed by atoms with Gasteiger partial charge in [0, 0.05) is 16.8 Å². The Balaban J connectivity index is 0.00000133. The molecule has 0 spiro atoms. The second-order valence-corrected chi connectivity index (χ2v) is 6.13. The smallest absolute Gasteiger partial charge is 0.261 e. The molecule has 0 unspecified atom stereocenters. The van der Waals surface area contributed by atoms with Gasteiger partial charge in [-0.2, -0.15) is 0 Å². The summed E-state index contributed by atoms with van der Waals surface area (Å²) in [6, 6.07) is 9.98. The first kappa shape index (κ1) is 14.3. The molecule has 102 valence electrons. The van der Waals surface area contributed by atoms with Crippen molar-refractivity contribution < 1.29 is 4.79 Å². The number of amides is 1. The van der Waals surface area contributed by atoms with Crippen molar-refractivity contribution in [3.8, 4) is 0 Å². The molecule has 1 aromatic carbocycles. The van der Waals surface area contributed by atoms with Crippen molar-refractivity contribution in [2.45, 2.75) is 24.8 Å². The highest BCUT2D eigenvalue weighted by molar-refractivity contribution is 7.20. The van der Waals surface area contributed by atoms with Crippen LogP contribution in [0.3, 0.4) is 0 Å². The van der Waals surface area contributed by atoms with E-state index in [0.29, 0.717) is 6.54 Å². The number of halogens is 1. The van der Waals surface area contributed by atoms with Crippen LogP contribution in [0.5, 0.6) is 0 Å². The molecule has 1 heterocycles. The van der Waals surface area contributed by atoms with Crippen LogP contribution in [-0.2, 0) is 0 Å². The number of benzene rings is 1. The first-order valence-corrected chi connectivity index (χ1v) is 7.04. The van der Waals surface area contributed by atoms with Gasteiger partial charge in [-0.1, -0.05) is 18.2 Å². The van der Waals surface area contributed by atoms with Gasteiger partial charge in [0.05, 0.1) is 4.88 Å². The molecule has 19 heavy (non-hydrogen) atoms.